The smallest absolute Gasteiger partial charge is 0.410 e. The second-order valence-electron chi connectivity index (χ2n) is 5.30. The van der Waals surface area contributed by atoms with Crippen molar-refractivity contribution >= 4 is 11.9 Å². The first-order chi connectivity index (χ1) is 11.3. The van der Waals surface area contributed by atoms with Gasteiger partial charge in [-0.2, -0.15) is 0 Å². The minimum absolute atomic E-state index is 0.0850. The predicted octanol–water partition coefficient (Wildman–Crippen LogP) is 2.60. The number of nitrogens with zero attached hydrogens (tertiary/aromatic N) is 3. The fourth-order valence-electron chi connectivity index (χ4n) is 2.67. The number of anilines is 1. The van der Waals surface area contributed by atoms with Crippen LogP contribution in [0.3, 0.4) is 0 Å². The summed E-state index contributed by atoms with van der Waals surface area (Å²) in [4.78, 5) is 24.1. The Morgan fingerprint density at radius 3 is 2.65 bits per heavy atom. The van der Waals surface area contributed by atoms with E-state index in [1.165, 1.54) is 0 Å². The van der Waals surface area contributed by atoms with Crippen LogP contribution < -0.4 is 9.80 Å². The Morgan fingerprint density at radius 2 is 1.96 bits per heavy atom. The van der Waals surface area contributed by atoms with Gasteiger partial charge in [-0.15, -0.1) is 0 Å². The third-order valence-corrected chi connectivity index (χ3v) is 3.77. The van der Waals surface area contributed by atoms with E-state index in [1.54, 1.807) is 28.3 Å². The standard InChI is InChI=1S/C17H15N3O3/c21-17(22-14-6-2-1-3-7-14)19-12-13-9-10-16(19)23-20(13)15-8-4-5-11-18-15/h1-11,13,16H,12H2/t13-,16+/m0/s1. The fourth-order valence-corrected chi connectivity index (χ4v) is 2.67. The molecular formula is C17H15N3O3. The highest BCUT2D eigenvalue weighted by atomic mass is 16.7. The Hall–Kier alpha value is -2.86. The van der Waals surface area contributed by atoms with E-state index in [2.05, 4.69) is 4.98 Å². The summed E-state index contributed by atoms with van der Waals surface area (Å²) in [5.74, 6) is 1.24. The Labute approximate surface area is 133 Å². The number of hydroxylamine groups is 1. The Kier molecular flexibility index (Phi) is 3.44. The molecule has 23 heavy (non-hydrogen) atoms. The lowest BCUT2D eigenvalue weighted by Gasteiger charge is -2.46. The molecule has 116 valence electrons. The summed E-state index contributed by atoms with van der Waals surface area (Å²) in [5.41, 5.74) is 0. The molecule has 1 aromatic carbocycles. The molecule has 1 saturated heterocycles. The predicted molar refractivity (Wildman–Crippen MR) is 83.7 cm³/mol. The van der Waals surface area contributed by atoms with Crippen LogP contribution in [0.15, 0.2) is 66.9 Å². The number of aromatic nitrogens is 1. The Morgan fingerprint density at radius 1 is 1.13 bits per heavy atom. The highest BCUT2D eigenvalue weighted by Gasteiger charge is 2.40. The van der Waals surface area contributed by atoms with Crippen LogP contribution in [0.1, 0.15) is 0 Å². The molecule has 5 rings (SSSR count). The van der Waals surface area contributed by atoms with Crippen LogP contribution in [0, 0.1) is 0 Å². The molecule has 3 aliphatic rings. The molecule has 0 aliphatic carbocycles. The number of para-hydroxylation sites is 1. The molecule has 2 aromatic rings. The van der Waals surface area contributed by atoms with Gasteiger partial charge < -0.3 is 4.74 Å². The average Bonchev–Trinajstić information content (AvgIpc) is 2.63. The number of benzene rings is 1. The first-order valence-electron chi connectivity index (χ1n) is 7.40. The van der Waals surface area contributed by atoms with Crippen LogP contribution in [0.2, 0.25) is 0 Å². The molecule has 6 nitrogen and oxygen atoms in total. The number of amides is 1. The monoisotopic (exact) mass is 309 g/mol. The highest BCUT2D eigenvalue weighted by molar-refractivity contribution is 5.72. The molecule has 0 saturated carbocycles. The van der Waals surface area contributed by atoms with Crippen molar-refractivity contribution < 1.29 is 14.4 Å². The lowest BCUT2D eigenvalue weighted by molar-refractivity contribution is -0.0827. The summed E-state index contributed by atoms with van der Waals surface area (Å²) in [5, 5.41) is 1.73. The van der Waals surface area contributed by atoms with E-state index in [9.17, 15) is 4.79 Å². The third-order valence-electron chi connectivity index (χ3n) is 3.77. The molecule has 2 atom stereocenters. The zero-order valence-electron chi connectivity index (χ0n) is 12.3. The number of fused-ring (bicyclic) bond motifs is 2. The number of pyridine rings is 1. The van der Waals surface area contributed by atoms with E-state index in [0.29, 0.717) is 12.3 Å². The van der Waals surface area contributed by atoms with Crippen molar-refractivity contribution in [3.05, 3.63) is 66.9 Å². The van der Waals surface area contributed by atoms with Gasteiger partial charge in [0.05, 0.1) is 12.6 Å². The van der Waals surface area contributed by atoms with Crippen molar-refractivity contribution in [2.75, 3.05) is 11.6 Å². The third kappa shape index (κ3) is 2.64. The lowest BCUT2D eigenvalue weighted by Crippen LogP contribution is -2.61. The molecule has 0 radical (unpaired) electrons. The highest BCUT2D eigenvalue weighted by Crippen LogP contribution is 2.29. The summed E-state index contributed by atoms with van der Waals surface area (Å²) < 4.78 is 5.39. The van der Waals surface area contributed by atoms with Gasteiger partial charge in [0.1, 0.15) is 5.75 Å². The summed E-state index contributed by atoms with van der Waals surface area (Å²) >= 11 is 0. The molecule has 6 heteroatoms. The summed E-state index contributed by atoms with van der Waals surface area (Å²) in [6.45, 7) is 0.489. The second kappa shape index (κ2) is 5.73. The van der Waals surface area contributed by atoms with E-state index in [1.807, 2.05) is 48.6 Å². The van der Waals surface area contributed by atoms with Crippen LogP contribution >= 0.6 is 0 Å². The van der Waals surface area contributed by atoms with E-state index >= 15 is 0 Å². The lowest BCUT2D eigenvalue weighted by atomic mass is 10.1. The van der Waals surface area contributed by atoms with Crippen LogP contribution in [-0.2, 0) is 4.84 Å². The molecular weight excluding hydrogens is 294 g/mol. The van der Waals surface area contributed by atoms with Gasteiger partial charge in [0.25, 0.3) is 0 Å². The minimum atomic E-state index is -0.488. The molecule has 3 aliphatic heterocycles. The van der Waals surface area contributed by atoms with Crippen LogP contribution in [0.5, 0.6) is 5.75 Å². The normalized spacial score (nSPS) is 22.3. The zero-order chi connectivity index (χ0) is 15.6. The van der Waals surface area contributed by atoms with Gasteiger partial charge in [0.15, 0.2) is 12.0 Å². The largest absolute Gasteiger partial charge is 0.417 e. The van der Waals surface area contributed by atoms with Crippen LogP contribution in [-0.4, -0.2) is 34.8 Å². The molecule has 0 N–H and O–H groups in total. The number of ether oxygens (including phenoxy) is 1. The Balaban J connectivity index is 1.48. The zero-order valence-corrected chi connectivity index (χ0v) is 12.3. The number of rotatable bonds is 2. The molecule has 0 spiro atoms. The van der Waals surface area contributed by atoms with Crippen molar-refractivity contribution in [1.29, 1.82) is 0 Å². The number of hydrogen-bond donors (Lipinski definition) is 0. The number of hydrogen-bond acceptors (Lipinski definition) is 5. The van der Waals surface area contributed by atoms with Crippen molar-refractivity contribution in [3.8, 4) is 5.75 Å². The van der Waals surface area contributed by atoms with Crippen molar-refractivity contribution in [3.63, 3.8) is 0 Å². The molecule has 1 amide bonds. The van der Waals surface area contributed by atoms with Gasteiger partial charge in [-0.05, 0) is 30.3 Å². The van der Waals surface area contributed by atoms with Gasteiger partial charge >= 0.3 is 6.09 Å². The second-order valence-corrected chi connectivity index (χ2v) is 5.30. The maximum Gasteiger partial charge on any atom is 0.417 e. The van der Waals surface area contributed by atoms with Gasteiger partial charge in [-0.25, -0.2) is 19.7 Å². The van der Waals surface area contributed by atoms with E-state index in [4.69, 9.17) is 9.57 Å². The topological polar surface area (TPSA) is 54.9 Å². The molecule has 2 bridgehead atoms. The number of carbonyl (C=O) groups excluding carboxylic acids is 1. The summed E-state index contributed by atoms with van der Waals surface area (Å²) in [6, 6.07) is 14.6. The fraction of sp³-hybridized carbons (Fsp3) is 0.176. The van der Waals surface area contributed by atoms with E-state index in [-0.39, 0.29) is 6.04 Å². The first kappa shape index (κ1) is 13.8. The Bertz CT molecular complexity index is 720. The quantitative estimate of drug-likeness (QED) is 0.798. The molecule has 4 heterocycles. The molecule has 1 fully saturated rings. The van der Waals surface area contributed by atoms with Crippen molar-refractivity contribution in [1.82, 2.24) is 9.88 Å². The molecule has 1 aromatic heterocycles. The van der Waals surface area contributed by atoms with Gasteiger partial charge in [0, 0.05) is 6.20 Å². The van der Waals surface area contributed by atoms with Crippen molar-refractivity contribution in [2.24, 2.45) is 0 Å². The summed E-state index contributed by atoms with van der Waals surface area (Å²) in [7, 11) is 0. The minimum Gasteiger partial charge on any atom is -0.410 e. The van der Waals surface area contributed by atoms with Crippen molar-refractivity contribution in [2.45, 2.75) is 12.3 Å². The maximum absolute atomic E-state index is 12.4. The van der Waals surface area contributed by atoms with E-state index < -0.39 is 12.3 Å². The SMILES string of the molecule is O=C(Oc1ccccc1)N1C[C@@H]2C=C[C@H]1ON2c1ccccn1. The summed E-state index contributed by atoms with van der Waals surface area (Å²) in [6.07, 6.45) is 4.69. The van der Waals surface area contributed by atoms with Gasteiger partial charge in [0.2, 0.25) is 0 Å². The van der Waals surface area contributed by atoms with Crippen LogP contribution in [0.4, 0.5) is 10.6 Å². The van der Waals surface area contributed by atoms with Gasteiger partial charge in [-0.3, -0.25) is 4.90 Å². The first-order valence-corrected chi connectivity index (χ1v) is 7.40. The van der Waals surface area contributed by atoms with Gasteiger partial charge in [-0.1, -0.05) is 30.3 Å². The van der Waals surface area contributed by atoms with Crippen LogP contribution in [0.25, 0.3) is 0 Å². The molecule has 0 unspecified atom stereocenters. The van der Waals surface area contributed by atoms with E-state index in [0.717, 1.165) is 5.82 Å². The maximum atomic E-state index is 12.4. The average molecular weight is 309 g/mol. The number of carbonyl (C=O) groups is 1.